The van der Waals surface area contributed by atoms with Gasteiger partial charge in [0.1, 0.15) is 23.8 Å². The predicted octanol–water partition coefficient (Wildman–Crippen LogP) is 2.53. The molecular formula is C16H15ClN6O2S. The second kappa shape index (κ2) is 7.65. The van der Waals surface area contributed by atoms with Crippen molar-refractivity contribution in [3.63, 3.8) is 0 Å². The van der Waals surface area contributed by atoms with Gasteiger partial charge >= 0.3 is 0 Å². The number of anilines is 3. The van der Waals surface area contributed by atoms with Gasteiger partial charge < -0.3 is 10.6 Å². The maximum Gasteiger partial charge on any atom is 0.238 e. The number of primary sulfonamides is 1. The molecule has 0 bridgehead atoms. The van der Waals surface area contributed by atoms with Gasteiger partial charge in [-0.15, -0.1) is 0 Å². The Morgan fingerprint density at radius 3 is 2.54 bits per heavy atom. The third-order valence-electron chi connectivity index (χ3n) is 3.35. The standard InChI is InChI=1S/C16H15ClN6O2S/c17-12-4-5-14(20-9-12)23-16-7-15(21-10-22-16)19-8-11-2-1-3-13(6-11)26(18,24)25/h1-7,9-10H,8H2,(H2,18,24,25)(H2,19,20,21,22,23). The van der Waals surface area contributed by atoms with Crippen LogP contribution in [0.2, 0.25) is 5.02 Å². The second-order valence-electron chi connectivity index (χ2n) is 5.32. The summed E-state index contributed by atoms with van der Waals surface area (Å²) in [6.45, 7) is 0.374. The molecule has 0 aliphatic rings. The summed E-state index contributed by atoms with van der Waals surface area (Å²) < 4.78 is 22.8. The van der Waals surface area contributed by atoms with Crippen molar-refractivity contribution in [3.8, 4) is 0 Å². The van der Waals surface area contributed by atoms with Gasteiger partial charge in [-0.25, -0.2) is 28.5 Å². The highest BCUT2D eigenvalue weighted by molar-refractivity contribution is 7.89. The number of benzene rings is 1. The van der Waals surface area contributed by atoms with Crippen molar-refractivity contribution < 1.29 is 8.42 Å². The highest BCUT2D eigenvalue weighted by atomic mass is 35.5. The fourth-order valence-corrected chi connectivity index (χ4v) is 2.82. The van der Waals surface area contributed by atoms with E-state index >= 15 is 0 Å². The van der Waals surface area contributed by atoms with Gasteiger partial charge in [-0.1, -0.05) is 23.7 Å². The van der Waals surface area contributed by atoms with Crippen molar-refractivity contribution in [1.82, 2.24) is 15.0 Å². The molecule has 2 heterocycles. The molecule has 3 rings (SSSR count). The van der Waals surface area contributed by atoms with Crippen LogP contribution in [0.4, 0.5) is 17.5 Å². The van der Waals surface area contributed by atoms with Gasteiger partial charge in [0.25, 0.3) is 0 Å². The topological polar surface area (TPSA) is 123 Å². The van der Waals surface area contributed by atoms with Crippen LogP contribution in [0.3, 0.4) is 0 Å². The van der Waals surface area contributed by atoms with Crippen LogP contribution in [-0.4, -0.2) is 23.4 Å². The molecule has 0 aliphatic heterocycles. The first kappa shape index (κ1) is 18.1. The van der Waals surface area contributed by atoms with Crippen LogP contribution in [0.1, 0.15) is 5.56 Å². The highest BCUT2D eigenvalue weighted by Gasteiger charge is 2.08. The van der Waals surface area contributed by atoms with Gasteiger partial charge in [0.2, 0.25) is 10.0 Å². The normalized spacial score (nSPS) is 11.2. The zero-order valence-electron chi connectivity index (χ0n) is 13.4. The molecule has 0 saturated heterocycles. The highest BCUT2D eigenvalue weighted by Crippen LogP contribution is 2.17. The van der Waals surface area contributed by atoms with Gasteiger partial charge in [0.05, 0.1) is 9.92 Å². The third kappa shape index (κ3) is 4.88. The predicted molar refractivity (Wildman–Crippen MR) is 99.7 cm³/mol. The summed E-state index contributed by atoms with van der Waals surface area (Å²) in [5.41, 5.74) is 0.754. The molecule has 1 aromatic carbocycles. The Bertz CT molecular complexity index is 1010. The lowest BCUT2D eigenvalue weighted by molar-refractivity contribution is 0.597. The molecule has 3 aromatic rings. The average molecular weight is 391 g/mol. The minimum atomic E-state index is -3.73. The monoisotopic (exact) mass is 390 g/mol. The van der Waals surface area contributed by atoms with E-state index in [0.717, 1.165) is 5.56 Å². The van der Waals surface area contributed by atoms with Gasteiger partial charge in [0, 0.05) is 18.8 Å². The molecule has 0 amide bonds. The van der Waals surface area contributed by atoms with Crippen LogP contribution in [0, 0.1) is 0 Å². The van der Waals surface area contributed by atoms with E-state index in [2.05, 4.69) is 25.6 Å². The van der Waals surface area contributed by atoms with Crippen LogP contribution in [-0.2, 0) is 16.6 Å². The number of sulfonamides is 1. The number of hydrogen-bond acceptors (Lipinski definition) is 7. The fourth-order valence-electron chi connectivity index (χ4n) is 2.13. The van der Waals surface area contributed by atoms with Gasteiger partial charge in [-0.05, 0) is 29.8 Å². The number of nitrogens with one attached hydrogen (secondary N) is 2. The van der Waals surface area contributed by atoms with Crippen LogP contribution >= 0.6 is 11.6 Å². The van der Waals surface area contributed by atoms with E-state index in [4.69, 9.17) is 16.7 Å². The quantitative estimate of drug-likeness (QED) is 0.590. The number of halogens is 1. The molecule has 2 aromatic heterocycles. The first-order valence-electron chi connectivity index (χ1n) is 7.46. The van der Waals surface area contributed by atoms with E-state index in [1.54, 1.807) is 30.3 Å². The number of pyridine rings is 1. The van der Waals surface area contributed by atoms with E-state index in [1.807, 2.05) is 0 Å². The molecule has 8 nitrogen and oxygen atoms in total. The third-order valence-corrected chi connectivity index (χ3v) is 4.49. The second-order valence-corrected chi connectivity index (χ2v) is 7.32. The van der Waals surface area contributed by atoms with E-state index in [-0.39, 0.29) is 4.90 Å². The summed E-state index contributed by atoms with van der Waals surface area (Å²) in [7, 11) is -3.73. The number of nitrogens with two attached hydrogens (primary N) is 1. The van der Waals surface area contributed by atoms with Crippen molar-refractivity contribution in [3.05, 3.63) is 65.6 Å². The van der Waals surface area contributed by atoms with E-state index in [1.165, 1.54) is 24.7 Å². The smallest absolute Gasteiger partial charge is 0.238 e. The average Bonchev–Trinajstić information content (AvgIpc) is 2.62. The van der Waals surface area contributed by atoms with Crippen molar-refractivity contribution in [2.24, 2.45) is 5.14 Å². The molecule has 0 aliphatic carbocycles. The van der Waals surface area contributed by atoms with Gasteiger partial charge in [0.15, 0.2) is 0 Å². The number of nitrogens with zero attached hydrogens (tertiary/aromatic N) is 3. The van der Waals surface area contributed by atoms with Crippen LogP contribution in [0.5, 0.6) is 0 Å². The Morgan fingerprint density at radius 1 is 1.00 bits per heavy atom. The summed E-state index contributed by atoms with van der Waals surface area (Å²) in [5, 5.41) is 11.8. The Labute approximate surface area is 155 Å². The molecule has 10 heteroatoms. The Hall–Kier alpha value is -2.75. The SMILES string of the molecule is NS(=O)(=O)c1cccc(CNc2cc(Nc3ccc(Cl)cn3)ncn2)c1. The lowest BCUT2D eigenvalue weighted by Crippen LogP contribution is -2.12. The molecule has 134 valence electrons. The largest absolute Gasteiger partial charge is 0.366 e. The zero-order valence-corrected chi connectivity index (χ0v) is 15.0. The van der Waals surface area contributed by atoms with Crippen molar-refractivity contribution in [2.75, 3.05) is 10.6 Å². The van der Waals surface area contributed by atoms with Crippen LogP contribution < -0.4 is 15.8 Å². The summed E-state index contributed by atoms with van der Waals surface area (Å²) in [6, 6.07) is 11.5. The Balaban J connectivity index is 1.68. The first-order chi connectivity index (χ1) is 12.4. The maximum absolute atomic E-state index is 11.4. The molecule has 0 radical (unpaired) electrons. The fraction of sp³-hybridized carbons (Fsp3) is 0.0625. The number of rotatable bonds is 6. The van der Waals surface area contributed by atoms with Gasteiger partial charge in [-0.3, -0.25) is 0 Å². The van der Waals surface area contributed by atoms with E-state index in [9.17, 15) is 8.42 Å². The molecule has 0 spiro atoms. The molecule has 0 saturated carbocycles. The van der Waals surface area contributed by atoms with Crippen molar-refractivity contribution in [2.45, 2.75) is 11.4 Å². The summed E-state index contributed by atoms with van der Waals surface area (Å²) in [4.78, 5) is 12.5. The summed E-state index contributed by atoms with van der Waals surface area (Å²) in [6.07, 6.45) is 2.93. The number of aromatic nitrogens is 3. The lowest BCUT2D eigenvalue weighted by Gasteiger charge is -2.09. The first-order valence-corrected chi connectivity index (χ1v) is 9.39. The van der Waals surface area contributed by atoms with Crippen molar-refractivity contribution >= 4 is 39.1 Å². The molecule has 0 fully saturated rings. The molecule has 4 N–H and O–H groups in total. The van der Waals surface area contributed by atoms with E-state index in [0.29, 0.717) is 29.0 Å². The van der Waals surface area contributed by atoms with Crippen LogP contribution in [0.25, 0.3) is 0 Å². The minimum Gasteiger partial charge on any atom is -0.366 e. The van der Waals surface area contributed by atoms with Gasteiger partial charge in [-0.2, -0.15) is 0 Å². The molecule has 0 atom stereocenters. The lowest BCUT2D eigenvalue weighted by atomic mass is 10.2. The van der Waals surface area contributed by atoms with Crippen molar-refractivity contribution in [1.29, 1.82) is 0 Å². The zero-order chi connectivity index (χ0) is 18.6. The summed E-state index contributed by atoms with van der Waals surface area (Å²) >= 11 is 5.81. The number of hydrogen-bond donors (Lipinski definition) is 3. The Kier molecular flexibility index (Phi) is 5.31. The van der Waals surface area contributed by atoms with Crippen LogP contribution in [0.15, 0.2) is 59.9 Å². The molecule has 0 unspecified atom stereocenters. The summed E-state index contributed by atoms with van der Waals surface area (Å²) in [5.74, 6) is 1.72. The van der Waals surface area contributed by atoms with E-state index < -0.39 is 10.0 Å². The molecular weight excluding hydrogens is 376 g/mol. The molecule has 26 heavy (non-hydrogen) atoms. The maximum atomic E-state index is 11.4. The minimum absolute atomic E-state index is 0.0654. The Morgan fingerprint density at radius 2 is 1.81 bits per heavy atom.